The monoisotopic (exact) mass is 903 g/mol. The van der Waals surface area contributed by atoms with Crippen molar-refractivity contribution in [1.29, 1.82) is 0 Å². The van der Waals surface area contributed by atoms with Crippen LogP contribution in [0.15, 0.2) is 170 Å². The Labute approximate surface area is 338 Å². The first-order valence-electron chi connectivity index (χ1n) is 17.9. The molecule has 0 aliphatic carbocycles. The zero-order valence-corrected chi connectivity index (χ0v) is 33.4. The summed E-state index contributed by atoms with van der Waals surface area (Å²) >= 11 is 1.82. The van der Waals surface area contributed by atoms with Crippen molar-refractivity contribution >= 4 is 42.5 Å². The summed E-state index contributed by atoms with van der Waals surface area (Å²) in [5.74, 6) is 0.881. The van der Waals surface area contributed by atoms with Crippen LogP contribution in [0.3, 0.4) is 0 Å². The SMILES string of the molecule is Cc1c[c-]c(-c2nc3cc(-c4ccccc4)nc(C)c3n2-c2ccccc2)c2sc3cc(-c4ccccc4)ccc3c12.[Ir].[c-]1ccccc1-c1ccccn1. The number of rotatable bonds is 5. The molecule has 1 radical (unpaired) electrons. The van der Waals surface area contributed by atoms with E-state index in [4.69, 9.17) is 9.97 Å². The zero-order valence-electron chi connectivity index (χ0n) is 30.2. The fourth-order valence-corrected chi connectivity index (χ4v) is 8.38. The third-order valence-electron chi connectivity index (χ3n) is 9.62. The average molecular weight is 903 g/mol. The van der Waals surface area contributed by atoms with Gasteiger partial charge in [0.15, 0.2) is 0 Å². The van der Waals surface area contributed by atoms with Crippen LogP contribution < -0.4 is 0 Å². The molecule has 0 saturated carbocycles. The number of imidazole rings is 1. The molecule has 0 spiro atoms. The number of aryl methyl sites for hydroxylation is 2. The van der Waals surface area contributed by atoms with E-state index in [1.165, 1.54) is 36.9 Å². The second kappa shape index (κ2) is 15.7. The summed E-state index contributed by atoms with van der Waals surface area (Å²) in [5, 5.41) is 2.55. The van der Waals surface area contributed by atoms with Crippen LogP contribution in [0.1, 0.15) is 11.3 Å². The van der Waals surface area contributed by atoms with E-state index in [9.17, 15) is 0 Å². The Morgan fingerprint density at radius 1 is 0.618 bits per heavy atom. The van der Waals surface area contributed by atoms with Crippen molar-refractivity contribution < 1.29 is 20.1 Å². The van der Waals surface area contributed by atoms with Gasteiger partial charge in [-0.15, -0.1) is 53.6 Å². The predicted molar refractivity (Wildman–Crippen MR) is 225 cm³/mol. The molecule has 0 fully saturated rings. The van der Waals surface area contributed by atoms with Gasteiger partial charge < -0.3 is 9.55 Å². The van der Waals surface area contributed by atoms with Gasteiger partial charge >= 0.3 is 0 Å². The summed E-state index contributed by atoms with van der Waals surface area (Å²) in [7, 11) is 0. The topological polar surface area (TPSA) is 43.6 Å². The fraction of sp³-hybridized carbons (Fsp3) is 0.0408. The minimum atomic E-state index is 0. The smallest absolute Gasteiger partial charge is 0.0852 e. The molecule has 4 nitrogen and oxygen atoms in total. The summed E-state index contributed by atoms with van der Waals surface area (Å²) in [6.45, 7) is 4.26. The van der Waals surface area contributed by atoms with Crippen LogP contribution in [0.5, 0.6) is 0 Å². The summed E-state index contributed by atoms with van der Waals surface area (Å²) in [6.07, 6.45) is 1.79. The Hall–Kier alpha value is -6.04. The third kappa shape index (κ3) is 7.04. The van der Waals surface area contributed by atoms with Gasteiger partial charge in [-0.2, -0.15) is 11.3 Å². The Morgan fingerprint density at radius 3 is 2.04 bits per heavy atom. The predicted octanol–water partition coefficient (Wildman–Crippen LogP) is 12.8. The Bertz CT molecular complexity index is 2830. The molecular formula is C49H34IrN4S-2. The van der Waals surface area contributed by atoms with Crippen LogP contribution >= 0.6 is 11.3 Å². The summed E-state index contributed by atoms with van der Waals surface area (Å²) < 4.78 is 4.73. The van der Waals surface area contributed by atoms with Gasteiger partial charge in [0, 0.05) is 42.3 Å². The molecule has 4 heterocycles. The van der Waals surface area contributed by atoms with Crippen molar-refractivity contribution in [2.45, 2.75) is 13.8 Å². The van der Waals surface area contributed by atoms with Crippen LogP contribution in [0, 0.1) is 26.0 Å². The second-order valence-corrected chi connectivity index (χ2v) is 14.2. The van der Waals surface area contributed by atoms with Crippen LogP contribution in [-0.2, 0) is 20.1 Å². The van der Waals surface area contributed by atoms with Gasteiger partial charge in [0.2, 0.25) is 0 Å². The zero-order chi connectivity index (χ0) is 36.4. The molecule has 55 heavy (non-hydrogen) atoms. The number of aromatic nitrogens is 4. The molecule has 0 saturated heterocycles. The number of fused-ring (bicyclic) bond motifs is 4. The molecule has 267 valence electrons. The van der Waals surface area contributed by atoms with Crippen LogP contribution in [0.4, 0.5) is 0 Å². The first-order valence-corrected chi connectivity index (χ1v) is 18.8. The van der Waals surface area contributed by atoms with E-state index in [0.29, 0.717) is 0 Å². The van der Waals surface area contributed by atoms with Gasteiger partial charge in [-0.3, -0.25) is 9.97 Å². The van der Waals surface area contributed by atoms with Crippen molar-refractivity contribution in [2.75, 3.05) is 0 Å². The Morgan fingerprint density at radius 2 is 1.33 bits per heavy atom. The quantitative estimate of drug-likeness (QED) is 0.162. The van der Waals surface area contributed by atoms with Gasteiger partial charge in [0.1, 0.15) is 0 Å². The average Bonchev–Trinajstić information content (AvgIpc) is 3.83. The number of pyridine rings is 2. The number of nitrogens with zero attached hydrogens (tertiary/aromatic N) is 4. The van der Waals surface area contributed by atoms with Crippen molar-refractivity contribution in [3.05, 3.63) is 193 Å². The van der Waals surface area contributed by atoms with Crippen molar-refractivity contribution in [2.24, 2.45) is 0 Å². The maximum Gasteiger partial charge on any atom is 0.0852 e. The molecule has 0 amide bonds. The Kier molecular flexibility index (Phi) is 10.3. The maximum absolute atomic E-state index is 5.32. The maximum atomic E-state index is 5.32. The molecule has 6 heteroatoms. The number of thiophene rings is 1. The van der Waals surface area contributed by atoms with Crippen LogP contribution in [-0.4, -0.2) is 19.5 Å². The number of hydrogen-bond acceptors (Lipinski definition) is 4. The summed E-state index contributed by atoms with van der Waals surface area (Å²) in [4.78, 5) is 14.6. The van der Waals surface area contributed by atoms with E-state index < -0.39 is 0 Å². The third-order valence-corrected chi connectivity index (χ3v) is 10.8. The number of benzene rings is 6. The van der Waals surface area contributed by atoms with E-state index in [1.54, 1.807) is 6.20 Å². The molecule has 0 unspecified atom stereocenters. The van der Waals surface area contributed by atoms with Crippen molar-refractivity contribution in [3.63, 3.8) is 0 Å². The minimum Gasteiger partial charge on any atom is -0.332 e. The summed E-state index contributed by atoms with van der Waals surface area (Å²) in [6, 6.07) is 62.9. The molecule has 10 aromatic rings. The standard InChI is InChI=1S/C38H26N3S.C11H8N.Ir/c1-24-18-20-31(37-35(24)30-21-19-28(22-34(30)42-37)26-12-6-3-7-13-26)38-40-33-23-32(27-14-8-4-9-15-27)39-25(2)36(33)41(38)29-16-10-5-11-17-29;1-2-6-10(7-3-1)11-8-4-5-9-12-11;/h3-19,21-23H,1-2H3;1-6,8-9H;/q2*-1;. The van der Waals surface area contributed by atoms with E-state index in [0.717, 1.165) is 56.3 Å². The molecule has 4 aromatic heterocycles. The van der Waals surface area contributed by atoms with Gasteiger partial charge in [-0.05, 0) is 64.2 Å². The Balaban J connectivity index is 0.000000280. The fourth-order valence-electron chi connectivity index (χ4n) is 7.07. The van der Waals surface area contributed by atoms with Crippen molar-refractivity contribution in [3.8, 4) is 50.7 Å². The number of para-hydroxylation sites is 1. The van der Waals surface area contributed by atoms with Crippen molar-refractivity contribution in [1.82, 2.24) is 19.5 Å². The summed E-state index contributed by atoms with van der Waals surface area (Å²) in [5.41, 5.74) is 12.7. The van der Waals surface area contributed by atoms with Gasteiger partial charge in [-0.25, -0.2) is 0 Å². The number of hydrogen-bond donors (Lipinski definition) is 0. The van der Waals surface area contributed by atoms with E-state index in [2.05, 4.69) is 133 Å². The van der Waals surface area contributed by atoms with Gasteiger partial charge in [0.05, 0.1) is 28.2 Å². The second-order valence-electron chi connectivity index (χ2n) is 13.2. The van der Waals surface area contributed by atoms with Crippen LogP contribution in [0.25, 0.3) is 81.9 Å². The molecule has 0 aliphatic rings. The molecule has 0 bridgehead atoms. The molecular weight excluding hydrogens is 869 g/mol. The largest absolute Gasteiger partial charge is 0.332 e. The molecule has 0 aliphatic heterocycles. The normalized spacial score (nSPS) is 10.9. The van der Waals surface area contributed by atoms with Gasteiger partial charge in [-0.1, -0.05) is 121 Å². The minimum absolute atomic E-state index is 0. The van der Waals surface area contributed by atoms with Gasteiger partial charge in [0.25, 0.3) is 0 Å². The molecule has 0 N–H and O–H groups in total. The molecule has 6 aromatic carbocycles. The van der Waals surface area contributed by atoms with Crippen LogP contribution in [0.2, 0.25) is 0 Å². The molecule has 10 rings (SSSR count). The first kappa shape index (κ1) is 36.0. The van der Waals surface area contributed by atoms with E-state index in [-0.39, 0.29) is 20.1 Å². The first-order chi connectivity index (χ1) is 26.6. The van der Waals surface area contributed by atoms with E-state index in [1.807, 2.05) is 78.1 Å². The molecule has 0 atom stereocenters. The van der Waals surface area contributed by atoms with E-state index >= 15 is 0 Å².